The number of nitrogens with zero attached hydrogens (tertiary/aromatic N) is 3. The third-order valence-electron chi connectivity index (χ3n) is 5.84. The number of carbonyl (C=O) groups is 1. The van der Waals surface area contributed by atoms with E-state index in [0.717, 1.165) is 31.9 Å². The monoisotopic (exact) mass is 479 g/mol. The molecule has 174 valence electrons. The topological polar surface area (TPSA) is 120 Å². The SMILES string of the molecule is CC(Oc1nc2nc(-c3ccc([NH+]4CCOCC4)cc3)c(Cl)cc2[nH]1)c1cc(C(N)=O)ccn1. The summed E-state index contributed by atoms with van der Waals surface area (Å²) in [5.74, 6) is -0.523. The predicted octanol–water partition coefficient (Wildman–Crippen LogP) is 2.46. The smallest absolute Gasteiger partial charge is 0.296 e. The Morgan fingerprint density at radius 2 is 1.94 bits per heavy atom. The molecule has 1 amide bonds. The molecule has 1 fully saturated rings. The first-order chi connectivity index (χ1) is 16.5. The van der Waals surface area contributed by atoms with Crippen molar-refractivity contribution in [2.45, 2.75) is 13.0 Å². The molecule has 34 heavy (non-hydrogen) atoms. The molecule has 1 unspecified atom stereocenters. The molecule has 1 saturated heterocycles. The Morgan fingerprint density at radius 3 is 2.68 bits per heavy atom. The average molecular weight is 480 g/mol. The number of carbonyl (C=O) groups excluding carboxylic acids is 1. The molecule has 4 N–H and O–H groups in total. The van der Waals surface area contributed by atoms with E-state index in [1.807, 2.05) is 19.1 Å². The Labute approximate surface area is 200 Å². The van der Waals surface area contributed by atoms with Crippen molar-refractivity contribution in [3.05, 3.63) is 64.9 Å². The minimum Gasteiger partial charge on any atom is -0.455 e. The van der Waals surface area contributed by atoms with Crippen LogP contribution in [0.5, 0.6) is 6.01 Å². The summed E-state index contributed by atoms with van der Waals surface area (Å²) in [6, 6.07) is 13.5. The number of aromatic amines is 1. The summed E-state index contributed by atoms with van der Waals surface area (Å²) < 4.78 is 11.4. The number of primary amides is 1. The summed E-state index contributed by atoms with van der Waals surface area (Å²) >= 11 is 6.56. The maximum Gasteiger partial charge on any atom is 0.296 e. The first-order valence-corrected chi connectivity index (χ1v) is 11.4. The van der Waals surface area contributed by atoms with Crippen LogP contribution >= 0.6 is 11.6 Å². The second kappa shape index (κ2) is 9.38. The van der Waals surface area contributed by atoms with Gasteiger partial charge < -0.3 is 20.2 Å². The number of rotatable bonds is 6. The molecule has 1 aliphatic rings. The van der Waals surface area contributed by atoms with Gasteiger partial charge in [0.05, 0.1) is 35.1 Å². The normalized spacial score (nSPS) is 15.4. The maximum absolute atomic E-state index is 11.4. The number of nitrogens with two attached hydrogens (primary N) is 1. The van der Waals surface area contributed by atoms with Crippen LogP contribution in [-0.2, 0) is 4.74 Å². The second-order valence-corrected chi connectivity index (χ2v) is 8.53. The van der Waals surface area contributed by atoms with Crippen LogP contribution in [0.4, 0.5) is 5.69 Å². The summed E-state index contributed by atoms with van der Waals surface area (Å²) in [6.07, 6.45) is 1.05. The zero-order chi connectivity index (χ0) is 23.7. The van der Waals surface area contributed by atoms with Gasteiger partial charge in [-0.15, -0.1) is 0 Å². The number of quaternary nitrogens is 1. The van der Waals surface area contributed by atoms with Crippen LogP contribution in [0.25, 0.3) is 22.4 Å². The molecule has 3 aromatic heterocycles. The number of hydrogen-bond donors (Lipinski definition) is 3. The molecule has 5 rings (SSSR count). The van der Waals surface area contributed by atoms with Gasteiger partial charge in [0.1, 0.15) is 24.9 Å². The van der Waals surface area contributed by atoms with Crippen molar-refractivity contribution in [2.75, 3.05) is 26.3 Å². The molecular formula is C24H24ClN6O3+. The molecule has 0 saturated carbocycles. The van der Waals surface area contributed by atoms with Crippen LogP contribution in [0.1, 0.15) is 29.1 Å². The van der Waals surface area contributed by atoms with Crippen LogP contribution in [0.3, 0.4) is 0 Å². The number of ether oxygens (including phenoxy) is 2. The van der Waals surface area contributed by atoms with E-state index in [0.29, 0.717) is 33.1 Å². The molecule has 9 nitrogen and oxygen atoms in total. The van der Waals surface area contributed by atoms with Crippen molar-refractivity contribution >= 4 is 34.4 Å². The highest BCUT2D eigenvalue weighted by atomic mass is 35.5. The third kappa shape index (κ3) is 4.58. The van der Waals surface area contributed by atoms with Crippen molar-refractivity contribution in [1.82, 2.24) is 19.9 Å². The van der Waals surface area contributed by atoms with Gasteiger partial charge in [-0.3, -0.25) is 14.7 Å². The van der Waals surface area contributed by atoms with Gasteiger partial charge in [0.25, 0.3) is 6.01 Å². The van der Waals surface area contributed by atoms with E-state index in [1.54, 1.807) is 18.2 Å². The molecule has 1 atom stereocenters. The van der Waals surface area contributed by atoms with Gasteiger partial charge in [0, 0.05) is 17.3 Å². The molecule has 0 radical (unpaired) electrons. The molecule has 1 aromatic carbocycles. The minimum absolute atomic E-state index is 0.278. The van der Waals surface area contributed by atoms with Gasteiger partial charge in [-0.05, 0) is 49.4 Å². The Balaban J connectivity index is 1.37. The number of H-pyrrole nitrogens is 1. The van der Waals surface area contributed by atoms with Gasteiger partial charge in [-0.25, -0.2) is 4.98 Å². The fraction of sp³-hybridized carbons (Fsp3) is 0.250. The molecule has 0 bridgehead atoms. The van der Waals surface area contributed by atoms with Gasteiger partial charge in [-0.2, -0.15) is 4.98 Å². The number of aromatic nitrogens is 4. The molecule has 4 heterocycles. The van der Waals surface area contributed by atoms with Crippen LogP contribution in [0.2, 0.25) is 5.02 Å². The maximum atomic E-state index is 11.4. The number of morpholine rings is 1. The van der Waals surface area contributed by atoms with Crippen molar-refractivity contribution in [3.63, 3.8) is 0 Å². The number of pyridine rings is 2. The zero-order valence-corrected chi connectivity index (χ0v) is 19.3. The van der Waals surface area contributed by atoms with E-state index in [-0.39, 0.29) is 6.01 Å². The third-order valence-corrected chi connectivity index (χ3v) is 6.13. The number of fused-ring (bicyclic) bond motifs is 1. The number of nitrogens with one attached hydrogen (secondary N) is 2. The highest BCUT2D eigenvalue weighted by molar-refractivity contribution is 6.33. The zero-order valence-electron chi connectivity index (χ0n) is 18.5. The highest BCUT2D eigenvalue weighted by Gasteiger charge is 2.18. The lowest BCUT2D eigenvalue weighted by Gasteiger charge is -2.23. The van der Waals surface area contributed by atoms with Crippen LogP contribution in [0.15, 0.2) is 48.7 Å². The van der Waals surface area contributed by atoms with Gasteiger partial charge in [-0.1, -0.05) is 11.6 Å². The minimum atomic E-state index is -0.523. The van der Waals surface area contributed by atoms with Gasteiger partial charge in [0.15, 0.2) is 5.65 Å². The second-order valence-electron chi connectivity index (χ2n) is 8.12. The van der Waals surface area contributed by atoms with Gasteiger partial charge >= 0.3 is 0 Å². The Hall–Kier alpha value is -3.53. The fourth-order valence-corrected chi connectivity index (χ4v) is 4.24. The summed E-state index contributed by atoms with van der Waals surface area (Å²) in [5.41, 5.74) is 10.2. The largest absolute Gasteiger partial charge is 0.455 e. The predicted molar refractivity (Wildman–Crippen MR) is 127 cm³/mol. The first kappa shape index (κ1) is 22.3. The van der Waals surface area contributed by atoms with E-state index in [9.17, 15) is 4.79 Å². The lowest BCUT2D eigenvalue weighted by atomic mass is 10.1. The Bertz CT molecular complexity index is 1330. The van der Waals surface area contributed by atoms with Crippen molar-refractivity contribution in [1.29, 1.82) is 0 Å². The van der Waals surface area contributed by atoms with E-state index in [1.165, 1.54) is 16.8 Å². The number of benzene rings is 1. The molecule has 0 aliphatic carbocycles. The fourth-order valence-electron chi connectivity index (χ4n) is 3.98. The summed E-state index contributed by atoms with van der Waals surface area (Å²) in [4.78, 5) is 29.3. The standard InChI is InChI=1S/C24H23ClN6O3/c1-14(19-12-16(22(26)32)6-7-27-19)34-24-28-20-13-18(25)21(29-23(20)30-24)15-2-4-17(5-3-15)31-8-10-33-11-9-31/h2-7,12-14H,8-11H2,1H3,(H2,26,32)(H,28,29,30)/p+1. The van der Waals surface area contributed by atoms with E-state index < -0.39 is 12.0 Å². The molecular weight excluding hydrogens is 456 g/mol. The van der Waals surface area contributed by atoms with Crippen molar-refractivity contribution in [3.8, 4) is 17.3 Å². The average Bonchev–Trinajstić information content (AvgIpc) is 3.25. The van der Waals surface area contributed by atoms with E-state index >= 15 is 0 Å². The van der Waals surface area contributed by atoms with Crippen molar-refractivity contribution in [2.24, 2.45) is 5.73 Å². The quantitative estimate of drug-likeness (QED) is 0.390. The summed E-state index contributed by atoms with van der Waals surface area (Å²) in [5, 5.41) is 0.512. The molecule has 0 spiro atoms. The molecule has 4 aromatic rings. The number of halogens is 1. The number of amides is 1. The highest BCUT2D eigenvalue weighted by Crippen LogP contribution is 2.30. The Kier molecular flexibility index (Phi) is 6.14. The van der Waals surface area contributed by atoms with Gasteiger partial charge in [0.2, 0.25) is 5.91 Å². The number of imidazole rings is 1. The molecule has 1 aliphatic heterocycles. The van der Waals surface area contributed by atoms with E-state index in [4.69, 9.17) is 26.8 Å². The Morgan fingerprint density at radius 1 is 1.18 bits per heavy atom. The lowest BCUT2D eigenvalue weighted by Crippen LogP contribution is -3.09. The van der Waals surface area contributed by atoms with Crippen LogP contribution in [0, 0.1) is 0 Å². The number of hydrogen-bond acceptors (Lipinski definition) is 6. The summed E-state index contributed by atoms with van der Waals surface area (Å²) in [6.45, 7) is 5.28. The lowest BCUT2D eigenvalue weighted by molar-refractivity contribution is -0.842. The van der Waals surface area contributed by atoms with Crippen LogP contribution in [-0.4, -0.2) is 52.1 Å². The van der Waals surface area contributed by atoms with Crippen molar-refractivity contribution < 1.29 is 19.2 Å². The first-order valence-electron chi connectivity index (χ1n) is 11.0. The van der Waals surface area contributed by atoms with E-state index in [2.05, 4.69) is 32.1 Å². The summed E-state index contributed by atoms with van der Waals surface area (Å²) in [7, 11) is 0. The molecule has 10 heteroatoms. The van der Waals surface area contributed by atoms with Crippen LogP contribution < -0.4 is 15.4 Å².